The van der Waals surface area contributed by atoms with Crippen molar-refractivity contribution in [1.82, 2.24) is 29.8 Å². The third kappa shape index (κ3) is 4.38. The van der Waals surface area contributed by atoms with Gasteiger partial charge in [0, 0.05) is 24.3 Å². The minimum atomic E-state index is -0.146. The predicted octanol–water partition coefficient (Wildman–Crippen LogP) is 3.56. The fourth-order valence-corrected chi connectivity index (χ4v) is 4.14. The zero-order valence-corrected chi connectivity index (χ0v) is 18.8. The van der Waals surface area contributed by atoms with Crippen molar-refractivity contribution in [3.05, 3.63) is 58.9 Å². The van der Waals surface area contributed by atoms with Gasteiger partial charge in [0.15, 0.2) is 0 Å². The van der Waals surface area contributed by atoms with E-state index in [0.717, 1.165) is 29.1 Å². The SMILES string of the molecule is Cc1nc(N[C@@H](C)c2cn(Cc3ccc(Cl)cc3)cn2)nc(N2C(=O)NCC2C2CC2)n1. The molecule has 0 radical (unpaired) electrons. The Bertz CT molecular complexity index is 1130. The first-order valence-electron chi connectivity index (χ1n) is 10.8. The average Bonchev–Trinajstić information content (AvgIpc) is 3.37. The molecule has 1 aliphatic heterocycles. The van der Waals surface area contributed by atoms with Crippen LogP contribution in [0.15, 0.2) is 36.8 Å². The molecule has 1 saturated heterocycles. The Kier molecular flexibility index (Phi) is 5.42. The lowest BCUT2D eigenvalue weighted by Crippen LogP contribution is -2.37. The largest absolute Gasteiger partial charge is 0.346 e. The summed E-state index contributed by atoms with van der Waals surface area (Å²) in [5.74, 6) is 1.91. The van der Waals surface area contributed by atoms with Crippen LogP contribution in [0.5, 0.6) is 0 Å². The smallest absolute Gasteiger partial charge is 0.324 e. The first-order valence-corrected chi connectivity index (χ1v) is 11.2. The fourth-order valence-electron chi connectivity index (χ4n) is 4.01. The third-order valence-corrected chi connectivity index (χ3v) is 6.10. The molecular formula is C22H25ClN8O. The second-order valence-electron chi connectivity index (χ2n) is 8.43. The molecule has 2 N–H and O–H groups in total. The number of aryl methyl sites for hydroxylation is 1. The van der Waals surface area contributed by atoms with Gasteiger partial charge in [0.2, 0.25) is 11.9 Å². The van der Waals surface area contributed by atoms with Crippen LogP contribution < -0.4 is 15.5 Å². The van der Waals surface area contributed by atoms with E-state index >= 15 is 0 Å². The van der Waals surface area contributed by atoms with Gasteiger partial charge in [0.1, 0.15) is 5.82 Å². The minimum absolute atomic E-state index is 0.109. The lowest BCUT2D eigenvalue weighted by Gasteiger charge is -2.21. The maximum Gasteiger partial charge on any atom is 0.324 e. The second-order valence-corrected chi connectivity index (χ2v) is 8.87. The van der Waals surface area contributed by atoms with Crippen LogP contribution in [-0.4, -0.2) is 43.1 Å². The number of rotatable bonds is 7. The average molecular weight is 453 g/mol. The summed E-state index contributed by atoms with van der Waals surface area (Å²) in [5.41, 5.74) is 2.01. The monoisotopic (exact) mass is 452 g/mol. The van der Waals surface area contributed by atoms with Gasteiger partial charge < -0.3 is 15.2 Å². The highest BCUT2D eigenvalue weighted by Gasteiger charge is 2.43. The molecule has 32 heavy (non-hydrogen) atoms. The molecule has 2 atom stereocenters. The topological polar surface area (TPSA) is 101 Å². The van der Waals surface area contributed by atoms with E-state index in [4.69, 9.17) is 11.6 Å². The Morgan fingerprint density at radius 3 is 2.75 bits per heavy atom. The van der Waals surface area contributed by atoms with Crippen LogP contribution in [0.1, 0.15) is 42.9 Å². The van der Waals surface area contributed by atoms with E-state index in [1.54, 1.807) is 11.2 Å². The summed E-state index contributed by atoms with van der Waals surface area (Å²) >= 11 is 5.97. The van der Waals surface area contributed by atoms with Gasteiger partial charge in [-0.15, -0.1) is 0 Å². The standard InChI is InChI=1S/C22H25ClN8O/c1-13(18-11-30(12-25-18)10-15-3-7-17(23)8-4-15)26-20-27-14(2)28-21(29-20)31-19(16-5-6-16)9-24-22(31)32/h3-4,7-8,11-13,16,19H,5-6,9-10H2,1-2H3,(H,24,32)(H,26,27,28,29)/t13-,19?/m0/s1. The number of amides is 2. The van der Waals surface area contributed by atoms with Crippen molar-refractivity contribution in [1.29, 1.82) is 0 Å². The van der Waals surface area contributed by atoms with E-state index in [-0.39, 0.29) is 18.1 Å². The summed E-state index contributed by atoms with van der Waals surface area (Å²) in [5, 5.41) is 6.95. The summed E-state index contributed by atoms with van der Waals surface area (Å²) in [6.45, 7) is 5.16. The number of nitrogens with zero attached hydrogens (tertiary/aromatic N) is 6. The summed E-state index contributed by atoms with van der Waals surface area (Å²) in [7, 11) is 0. The van der Waals surface area contributed by atoms with Crippen LogP contribution in [-0.2, 0) is 6.54 Å². The number of benzene rings is 1. The van der Waals surface area contributed by atoms with Crippen LogP contribution in [0, 0.1) is 12.8 Å². The van der Waals surface area contributed by atoms with Crippen LogP contribution in [0.4, 0.5) is 16.7 Å². The molecule has 3 heterocycles. The number of urea groups is 1. The van der Waals surface area contributed by atoms with E-state index in [2.05, 4.69) is 30.6 Å². The predicted molar refractivity (Wildman–Crippen MR) is 122 cm³/mol. The molecule has 1 aliphatic carbocycles. The molecule has 0 bridgehead atoms. The number of carbonyl (C=O) groups is 1. The second kappa shape index (κ2) is 8.38. The molecular weight excluding hydrogens is 428 g/mol. The van der Waals surface area contributed by atoms with Gasteiger partial charge in [-0.2, -0.15) is 15.0 Å². The molecule has 166 valence electrons. The maximum atomic E-state index is 12.4. The normalized spacial score (nSPS) is 19.2. The Labute approximate surface area is 191 Å². The van der Waals surface area contributed by atoms with Crippen molar-refractivity contribution in [3.8, 4) is 0 Å². The van der Waals surface area contributed by atoms with Gasteiger partial charge in [-0.3, -0.25) is 4.90 Å². The molecule has 2 aromatic heterocycles. The van der Waals surface area contributed by atoms with E-state index in [1.807, 2.05) is 48.9 Å². The first-order chi connectivity index (χ1) is 15.5. The third-order valence-electron chi connectivity index (χ3n) is 5.85. The molecule has 9 nitrogen and oxygen atoms in total. The van der Waals surface area contributed by atoms with Crippen LogP contribution >= 0.6 is 11.6 Å². The molecule has 3 aromatic rings. The first kappa shape index (κ1) is 20.7. The summed E-state index contributed by atoms with van der Waals surface area (Å²) in [6.07, 6.45) is 6.08. The van der Waals surface area contributed by atoms with Crippen molar-refractivity contribution in [2.24, 2.45) is 5.92 Å². The lowest BCUT2D eigenvalue weighted by atomic mass is 10.2. The molecule has 2 fully saturated rings. The highest BCUT2D eigenvalue weighted by Crippen LogP contribution is 2.38. The van der Waals surface area contributed by atoms with Gasteiger partial charge >= 0.3 is 6.03 Å². The Balaban J connectivity index is 1.30. The fraction of sp³-hybridized carbons (Fsp3) is 0.409. The molecule has 2 aliphatic rings. The quantitative estimate of drug-likeness (QED) is 0.568. The minimum Gasteiger partial charge on any atom is -0.346 e. The molecule has 1 saturated carbocycles. The van der Waals surface area contributed by atoms with Gasteiger partial charge in [0.25, 0.3) is 0 Å². The number of carbonyl (C=O) groups excluding carboxylic acids is 1. The van der Waals surface area contributed by atoms with E-state index in [0.29, 0.717) is 36.7 Å². The zero-order chi connectivity index (χ0) is 22.2. The number of aromatic nitrogens is 5. The molecule has 1 aromatic carbocycles. The Hall–Kier alpha value is -3.20. The number of halogens is 1. The molecule has 1 unspecified atom stereocenters. The maximum absolute atomic E-state index is 12.4. The summed E-state index contributed by atoms with van der Waals surface area (Å²) in [4.78, 5) is 32.1. The zero-order valence-electron chi connectivity index (χ0n) is 18.0. The van der Waals surface area contributed by atoms with Gasteiger partial charge in [-0.05, 0) is 50.3 Å². The molecule has 10 heteroatoms. The van der Waals surface area contributed by atoms with Crippen molar-refractivity contribution in [2.45, 2.75) is 45.3 Å². The molecule has 2 amide bonds. The Morgan fingerprint density at radius 2 is 2.00 bits per heavy atom. The highest BCUT2D eigenvalue weighted by molar-refractivity contribution is 6.30. The van der Waals surface area contributed by atoms with Crippen LogP contribution in [0.25, 0.3) is 0 Å². The number of nitrogens with one attached hydrogen (secondary N) is 2. The molecule has 0 spiro atoms. The number of imidazole rings is 1. The number of hydrogen-bond acceptors (Lipinski definition) is 6. The summed E-state index contributed by atoms with van der Waals surface area (Å²) < 4.78 is 2.02. The molecule has 5 rings (SSSR count). The van der Waals surface area contributed by atoms with Crippen molar-refractivity contribution in [2.75, 3.05) is 16.8 Å². The lowest BCUT2D eigenvalue weighted by molar-refractivity contribution is 0.251. The van der Waals surface area contributed by atoms with E-state index < -0.39 is 0 Å². The van der Waals surface area contributed by atoms with E-state index in [9.17, 15) is 4.79 Å². The highest BCUT2D eigenvalue weighted by atomic mass is 35.5. The number of hydrogen-bond donors (Lipinski definition) is 2. The Morgan fingerprint density at radius 1 is 1.22 bits per heavy atom. The van der Waals surface area contributed by atoms with Crippen molar-refractivity contribution >= 4 is 29.5 Å². The van der Waals surface area contributed by atoms with Gasteiger partial charge in [-0.1, -0.05) is 23.7 Å². The van der Waals surface area contributed by atoms with Crippen LogP contribution in [0.2, 0.25) is 5.02 Å². The van der Waals surface area contributed by atoms with Gasteiger partial charge in [0.05, 0.1) is 24.1 Å². The number of anilines is 2. The van der Waals surface area contributed by atoms with Crippen molar-refractivity contribution in [3.63, 3.8) is 0 Å². The van der Waals surface area contributed by atoms with E-state index in [1.165, 1.54) is 0 Å². The van der Waals surface area contributed by atoms with Gasteiger partial charge in [-0.25, -0.2) is 9.78 Å². The van der Waals surface area contributed by atoms with Crippen molar-refractivity contribution < 1.29 is 4.79 Å². The van der Waals surface area contributed by atoms with Crippen LogP contribution in [0.3, 0.4) is 0 Å². The summed E-state index contributed by atoms with van der Waals surface area (Å²) in [6, 6.07) is 7.61.